The Labute approximate surface area is 173 Å². The average Bonchev–Trinajstić information content (AvgIpc) is 3.38. The quantitative estimate of drug-likeness (QED) is 0.581. The zero-order chi connectivity index (χ0) is 20.2. The van der Waals surface area contributed by atoms with E-state index in [1.54, 1.807) is 11.1 Å². The Hall–Kier alpha value is -2.86. The first-order valence-corrected chi connectivity index (χ1v) is 9.83. The highest BCUT2D eigenvalue weighted by Gasteiger charge is 2.33. The maximum atomic E-state index is 13.0. The van der Waals surface area contributed by atoms with Crippen molar-refractivity contribution in [1.82, 2.24) is 9.88 Å². The first-order valence-electron chi connectivity index (χ1n) is 9.45. The van der Waals surface area contributed by atoms with Crippen LogP contribution in [0.1, 0.15) is 36.1 Å². The SMILES string of the molecule is O=C(COc1ccc(F)cc1)N1CCC[C@@H]1c1ncc(Cc2ccc(Cl)cc2)o1. The van der Waals surface area contributed by atoms with E-state index < -0.39 is 0 Å². The molecule has 1 fully saturated rings. The number of ether oxygens (including phenoxy) is 1. The molecule has 0 unspecified atom stereocenters. The molecule has 1 aliphatic heterocycles. The minimum absolute atomic E-state index is 0.111. The predicted octanol–water partition coefficient (Wildman–Crippen LogP) is 4.80. The zero-order valence-electron chi connectivity index (χ0n) is 15.7. The van der Waals surface area contributed by atoms with Crippen LogP contribution >= 0.6 is 11.6 Å². The van der Waals surface area contributed by atoms with Gasteiger partial charge in [0.2, 0.25) is 5.89 Å². The molecule has 1 amide bonds. The number of aromatic nitrogens is 1. The van der Waals surface area contributed by atoms with Crippen LogP contribution in [0.25, 0.3) is 0 Å². The topological polar surface area (TPSA) is 55.6 Å². The summed E-state index contributed by atoms with van der Waals surface area (Å²) in [6.07, 6.45) is 3.99. The lowest BCUT2D eigenvalue weighted by atomic mass is 10.1. The van der Waals surface area contributed by atoms with E-state index in [0.29, 0.717) is 29.6 Å². The Morgan fingerprint density at radius 2 is 1.97 bits per heavy atom. The summed E-state index contributed by atoms with van der Waals surface area (Å²) < 4.78 is 24.4. The van der Waals surface area contributed by atoms with Gasteiger partial charge >= 0.3 is 0 Å². The summed E-state index contributed by atoms with van der Waals surface area (Å²) >= 11 is 5.92. The number of carbonyl (C=O) groups excluding carboxylic acids is 1. The molecular weight excluding hydrogens is 395 g/mol. The third kappa shape index (κ3) is 4.77. The van der Waals surface area contributed by atoms with Crippen molar-refractivity contribution in [3.8, 4) is 5.75 Å². The molecule has 2 aromatic carbocycles. The number of hydrogen-bond acceptors (Lipinski definition) is 4. The number of amides is 1. The van der Waals surface area contributed by atoms with Crippen LogP contribution in [0.5, 0.6) is 5.75 Å². The second-order valence-electron chi connectivity index (χ2n) is 6.96. The number of oxazole rings is 1. The Balaban J connectivity index is 1.38. The number of carbonyl (C=O) groups is 1. The fraction of sp³-hybridized carbons (Fsp3) is 0.273. The molecule has 4 rings (SSSR count). The molecule has 0 N–H and O–H groups in total. The largest absolute Gasteiger partial charge is 0.484 e. The Bertz CT molecular complexity index is 972. The van der Waals surface area contributed by atoms with Crippen LogP contribution in [0, 0.1) is 5.82 Å². The molecule has 1 atom stereocenters. The predicted molar refractivity (Wildman–Crippen MR) is 106 cm³/mol. The summed E-state index contributed by atoms with van der Waals surface area (Å²) in [4.78, 5) is 18.8. The van der Waals surface area contributed by atoms with Gasteiger partial charge in [-0.15, -0.1) is 0 Å². The average molecular weight is 415 g/mol. The molecule has 3 aromatic rings. The van der Waals surface area contributed by atoms with Gasteiger partial charge in [0.15, 0.2) is 6.61 Å². The molecule has 150 valence electrons. The van der Waals surface area contributed by atoms with Gasteiger partial charge < -0.3 is 14.1 Å². The van der Waals surface area contributed by atoms with Crippen molar-refractivity contribution in [2.24, 2.45) is 0 Å². The summed E-state index contributed by atoms with van der Waals surface area (Å²) in [5.41, 5.74) is 1.07. The van der Waals surface area contributed by atoms with E-state index in [-0.39, 0.29) is 24.4 Å². The molecule has 1 aliphatic rings. The second kappa shape index (κ2) is 8.66. The standard InChI is InChI=1S/C22H20ClFN2O3/c23-16-5-3-15(4-6-16)12-19-13-25-22(29-19)20-2-1-11-26(20)21(27)14-28-18-9-7-17(24)8-10-18/h3-10,13,20H,1-2,11-12,14H2/t20-/m1/s1. The van der Waals surface area contributed by atoms with Gasteiger partial charge in [-0.2, -0.15) is 0 Å². The molecule has 0 bridgehead atoms. The minimum Gasteiger partial charge on any atom is -0.484 e. The highest BCUT2D eigenvalue weighted by molar-refractivity contribution is 6.30. The van der Waals surface area contributed by atoms with Gasteiger partial charge in [-0.3, -0.25) is 4.79 Å². The molecule has 29 heavy (non-hydrogen) atoms. The summed E-state index contributed by atoms with van der Waals surface area (Å²) in [7, 11) is 0. The summed E-state index contributed by atoms with van der Waals surface area (Å²) in [5.74, 6) is 1.25. The third-order valence-corrected chi connectivity index (χ3v) is 5.15. The minimum atomic E-state index is -0.346. The van der Waals surface area contributed by atoms with Crippen molar-refractivity contribution < 1.29 is 18.3 Å². The molecular formula is C22H20ClFN2O3. The van der Waals surface area contributed by atoms with E-state index in [2.05, 4.69) is 4.98 Å². The van der Waals surface area contributed by atoms with E-state index in [1.165, 1.54) is 24.3 Å². The van der Waals surface area contributed by atoms with E-state index in [0.717, 1.165) is 24.2 Å². The fourth-order valence-corrected chi connectivity index (χ4v) is 3.57. The smallest absolute Gasteiger partial charge is 0.261 e. The monoisotopic (exact) mass is 414 g/mol. The van der Waals surface area contributed by atoms with E-state index in [9.17, 15) is 9.18 Å². The van der Waals surface area contributed by atoms with Crippen molar-refractivity contribution >= 4 is 17.5 Å². The lowest BCUT2D eigenvalue weighted by Crippen LogP contribution is -2.34. The third-order valence-electron chi connectivity index (χ3n) is 4.90. The number of nitrogens with zero attached hydrogens (tertiary/aromatic N) is 2. The number of halogens is 2. The first kappa shape index (κ1) is 19.5. The van der Waals surface area contributed by atoms with Gasteiger partial charge in [-0.1, -0.05) is 23.7 Å². The van der Waals surface area contributed by atoms with Crippen LogP contribution in [-0.2, 0) is 11.2 Å². The van der Waals surface area contributed by atoms with Gasteiger partial charge in [0.1, 0.15) is 23.4 Å². The molecule has 1 saturated heterocycles. The van der Waals surface area contributed by atoms with Crippen molar-refractivity contribution in [2.75, 3.05) is 13.2 Å². The van der Waals surface area contributed by atoms with E-state index >= 15 is 0 Å². The van der Waals surface area contributed by atoms with Gasteiger partial charge in [-0.25, -0.2) is 9.37 Å². The van der Waals surface area contributed by atoms with Gasteiger partial charge in [0.25, 0.3) is 5.91 Å². The molecule has 0 aliphatic carbocycles. The maximum absolute atomic E-state index is 13.0. The van der Waals surface area contributed by atoms with Crippen molar-refractivity contribution in [2.45, 2.75) is 25.3 Å². The fourth-order valence-electron chi connectivity index (χ4n) is 3.44. The van der Waals surface area contributed by atoms with Crippen LogP contribution in [-0.4, -0.2) is 28.9 Å². The number of benzene rings is 2. The first-order chi connectivity index (χ1) is 14.1. The lowest BCUT2D eigenvalue weighted by molar-refractivity contribution is -0.134. The summed E-state index contributed by atoms with van der Waals surface area (Å²) in [6.45, 7) is 0.519. The highest BCUT2D eigenvalue weighted by atomic mass is 35.5. The van der Waals surface area contributed by atoms with Crippen molar-refractivity contribution in [3.63, 3.8) is 0 Å². The molecule has 0 saturated carbocycles. The Morgan fingerprint density at radius 3 is 2.72 bits per heavy atom. The molecule has 2 heterocycles. The molecule has 0 spiro atoms. The van der Waals surface area contributed by atoms with E-state index in [4.69, 9.17) is 20.8 Å². The van der Waals surface area contributed by atoms with Crippen LogP contribution in [0.15, 0.2) is 59.1 Å². The Morgan fingerprint density at radius 1 is 1.21 bits per heavy atom. The van der Waals surface area contributed by atoms with Gasteiger partial charge in [-0.05, 0) is 54.8 Å². The molecule has 5 nitrogen and oxygen atoms in total. The second-order valence-corrected chi connectivity index (χ2v) is 7.39. The summed E-state index contributed by atoms with van der Waals surface area (Å²) in [5, 5.41) is 0.690. The van der Waals surface area contributed by atoms with Gasteiger partial charge in [0, 0.05) is 18.0 Å². The number of likely N-dealkylation sites (tertiary alicyclic amines) is 1. The molecule has 1 aromatic heterocycles. The van der Waals surface area contributed by atoms with Gasteiger partial charge in [0.05, 0.1) is 6.20 Å². The molecule has 7 heteroatoms. The maximum Gasteiger partial charge on any atom is 0.261 e. The summed E-state index contributed by atoms with van der Waals surface area (Å²) in [6, 6.07) is 13.0. The number of hydrogen-bond donors (Lipinski definition) is 0. The van der Waals surface area contributed by atoms with Crippen molar-refractivity contribution in [3.05, 3.63) is 82.8 Å². The van der Waals surface area contributed by atoms with Crippen molar-refractivity contribution in [1.29, 1.82) is 0 Å². The normalized spacial score (nSPS) is 16.2. The van der Waals surface area contributed by atoms with Crippen LogP contribution < -0.4 is 4.74 Å². The van der Waals surface area contributed by atoms with Crippen LogP contribution in [0.3, 0.4) is 0 Å². The van der Waals surface area contributed by atoms with Crippen LogP contribution in [0.4, 0.5) is 4.39 Å². The van der Waals surface area contributed by atoms with Crippen LogP contribution in [0.2, 0.25) is 5.02 Å². The Kier molecular flexibility index (Phi) is 5.81. The highest BCUT2D eigenvalue weighted by Crippen LogP contribution is 2.32. The molecule has 0 radical (unpaired) electrons. The lowest BCUT2D eigenvalue weighted by Gasteiger charge is -2.22. The number of rotatable bonds is 6. The van der Waals surface area contributed by atoms with E-state index in [1.807, 2.05) is 24.3 Å². The zero-order valence-corrected chi connectivity index (χ0v) is 16.4.